The van der Waals surface area contributed by atoms with E-state index in [1.165, 1.54) is 0 Å². The molecule has 0 saturated carbocycles. The van der Waals surface area contributed by atoms with E-state index in [9.17, 15) is 0 Å². The van der Waals surface area contributed by atoms with E-state index in [0.29, 0.717) is 12.2 Å². The Kier molecular flexibility index (Phi) is 5.22. The normalized spacial score (nSPS) is 17.2. The summed E-state index contributed by atoms with van der Waals surface area (Å²) < 4.78 is 10.9. The highest BCUT2D eigenvalue weighted by Gasteiger charge is 2.26. The molecule has 0 unspecified atom stereocenters. The van der Waals surface area contributed by atoms with Crippen molar-refractivity contribution in [3.63, 3.8) is 0 Å². The van der Waals surface area contributed by atoms with Gasteiger partial charge < -0.3 is 14.8 Å². The zero-order valence-corrected chi connectivity index (χ0v) is 12.1. The maximum Gasteiger partial charge on any atom is 0.165 e. The van der Waals surface area contributed by atoms with Crippen molar-refractivity contribution >= 4 is 0 Å². The molecule has 5 heteroatoms. The monoisotopic (exact) mass is 275 g/mol. The van der Waals surface area contributed by atoms with Crippen LogP contribution in [-0.4, -0.2) is 45.3 Å². The van der Waals surface area contributed by atoms with Crippen molar-refractivity contribution in [2.45, 2.75) is 12.5 Å². The van der Waals surface area contributed by atoms with E-state index in [1.54, 1.807) is 14.2 Å². The lowest BCUT2D eigenvalue weighted by molar-refractivity contribution is 0.172. The van der Waals surface area contributed by atoms with Crippen LogP contribution in [-0.2, 0) is 0 Å². The van der Waals surface area contributed by atoms with Gasteiger partial charge >= 0.3 is 0 Å². The van der Waals surface area contributed by atoms with Crippen LogP contribution in [0.1, 0.15) is 18.0 Å². The molecule has 0 amide bonds. The molecule has 1 heterocycles. The van der Waals surface area contributed by atoms with Gasteiger partial charge in [0.1, 0.15) is 0 Å². The zero-order valence-electron chi connectivity index (χ0n) is 12.1. The second-order valence-corrected chi connectivity index (χ2v) is 4.75. The van der Waals surface area contributed by atoms with Gasteiger partial charge in [-0.1, -0.05) is 12.1 Å². The van der Waals surface area contributed by atoms with Crippen LogP contribution in [0.25, 0.3) is 0 Å². The molecule has 108 valence electrons. The molecule has 0 aliphatic carbocycles. The molecule has 0 radical (unpaired) electrons. The number of nitriles is 1. The van der Waals surface area contributed by atoms with E-state index in [2.05, 4.69) is 16.3 Å². The van der Waals surface area contributed by atoms with Crippen molar-refractivity contribution in [2.24, 2.45) is 0 Å². The minimum atomic E-state index is 0.0483. The number of piperazine rings is 1. The molecular formula is C15H21N3O2. The summed E-state index contributed by atoms with van der Waals surface area (Å²) >= 11 is 0. The molecule has 1 atom stereocenters. The van der Waals surface area contributed by atoms with Crippen LogP contribution in [0.4, 0.5) is 0 Å². The number of nitrogens with one attached hydrogen (secondary N) is 1. The largest absolute Gasteiger partial charge is 0.493 e. The van der Waals surface area contributed by atoms with Crippen LogP contribution in [0, 0.1) is 11.3 Å². The van der Waals surface area contributed by atoms with Gasteiger partial charge in [0.25, 0.3) is 0 Å². The fraction of sp³-hybridized carbons (Fsp3) is 0.533. The lowest BCUT2D eigenvalue weighted by atomic mass is 10.00. The lowest BCUT2D eigenvalue weighted by Gasteiger charge is -2.34. The van der Waals surface area contributed by atoms with Crippen molar-refractivity contribution in [2.75, 3.05) is 40.4 Å². The van der Waals surface area contributed by atoms with Gasteiger partial charge in [0.15, 0.2) is 11.5 Å². The first kappa shape index (κ1) is 14.6. The fourth-order valence-corrected chi connectivity index (χ4v) is 2.69. The van der Waals surface area contributed by atoms with Crippen molar-refractivity contribution in [1.82, 2.24) is 10.2 Å². The topological polar surface area (TPSA) is 57.5 Å². The van der Waals surface area contributed by atoms with Crippen LogP contribution >= 0.6 is 0 Å². The van der Waals surface area contributed by atoms with Crippen molar-refractivity contribution < 1.29 is 9.47 Å². The molecule has 1 N–H and O–H groups in total. The molecule has 1 aromatic carbocycles. The van der Waals surface area contributed by atoms with Crippen LogP contribution in [0.15, 0.2) is 18.2 Å². The van der Waals surface area contributed by atoms with Gasteiger partial charge in [0.2, 0.25) is 0 Å². The van der Waals surface area contributed by atoms with Gasteiger partial charge in [-0.05, 0) is 6.07 Å². The summed E-state index contributed by atoms with van der Waals surface area (Å²) in [4.78, 5) is 2.33. The number of nitrogens with zero attached hydrogens (tertiary/aromatic N) is 2. The highest BCUT2D eigenvalue weighted by Crippen LogP contribution is 2.38. The zero-order chi connectivity index (χ0) is 14.4. The van der Waals surface area contributed by atoms with Gasteiger partial charge in [-0.3, -0.25) is 4.90 Å². The third-order valence-corrected chi connectivity index (χ3v) is 3.67. The standard InChI is InChI=1S/C15H21N3O2/c1-19-14-5-3-4-12(15(14)20-2)13(6-7-16)18-10-8-17-9-11-18/h3-5,13,17H,6,8-11H2,1-2H3/t13-/m0/s1. The van der Waals surface area contributed by atoms with E-state index in [-0.39, 0.29) is 6.04 Å². The molecule has 1 aromatic rings. The number of benzene rings is 1. The molecule has 2 rings (SSSR count). The Hall–Kier alpha value is -1.77. The van der Waals surface area contributed by atoms with Gasteiger partial charge in [-0.25, -0.2) is 0 Å². The molecule has 1 saturated heterocycles. The predicted molar refractivity (Wildman–Crippen MR) is 77.0 cm³/mol. The minimum absolute atomic E-state index is 0.0483. The average molecular weight is 275 g/mol. The maximum absolute atomic E-state index is 9.15. The number of methoxy groups -OCH3 is 2. The summed E-state index contributed by atoms with van der Waals surface area (Å²) in [5.41, 5.74) is 1.02. The Morgan fingerprint density at radius 1 is 1.30 bits per heavy atom. The third kappa shape index (κ3) is 3.03. The summed E-state index contributed by atoms with van der Waals surface area (Å²) in [6, 6.07) is 8.19. The van der Waals surface area contributed by atoms with E-state index < -0.39 is 0 Å². The SMILES string of the molecule is COc1cccc([C@H](CC#N)N2CCNCC2)c1OC. The Morgan fingerprint density at radius 2 is 2.05 bits per heavy atom. The second-order valence-electron chi connectivity index (χ2n) is 4.75. The minimum Gasteiger partial charge on any atom is -0.493 e. The van der Waals surface area contributed by atoms with Crippen LogP contribution < -0.4 is 14.8 Å². The number of hydrogen-bond acceptors (Lipinski definition) is 5. The van der Waals surface area contributed by atoms with E-state index >= 15 is 0 Å². The van der Waals surface area contributed by atoms with Crippen LogP contribution in [0.5, 0.6) is 11.5 Å². The number of ether oxygens (including phenoxy) is 2. The maximum atomic E-state index is 9.15. The smallest absolute Gasteiger partial charge is 0.165 e. The summed E-state index contributed by atoms with van der Waals surface area (Å²) in [5, 5.41) is 12.5. The van der Waals surface area contributed by atoms with E-state index in [1.807, 2.05) is 18.2 Å². The van der Waals surface area contributed by atoms with Crippen molar-refractivity contribution in [3.05, 3.63) is 23.8 Å². The molecule has 0 spiro atoms. The quantitative estimate of drug-likeness (QED) is 0.884. The van der Waals surface area contributed by atoms with E-state index in [4.69, 9.17) is 14.7 Å². The van der Waals surface area contributed by atoms with Gasteiger partial charge in [0.05, 0.1) is 32.8 Å². The Balaban J connectivity index is 2.35. The Labute approximate surface area is 120 Å². The third-order valence-electron chi connectivity index (χ3n) is 3.67. The number of rotatable bonds is 5. The first-order valence-corrected chi connectivity index (χ1v) is 6.84. The van der Waals surface area contributed by atoms with Crippen LogP contribution in [0.2, 0.25) is 0 Å². The van der Waals surface area contributed by atoms with Crippen molar-refractivity contribution in [3.8, 4) is 17.6 Å². The molecule has 0 aromatic heterocycles. The predicted octanol–water partition coefficient (Wildman–Crippen LogP) is 1.56. The number of para-hydroxylation sites is 1. The van der Waals surface area contributed by atoms with Gasteiger partial charge in [0, 0.05) is 31.7 Å². The lowest BCUT2D eigenvalue weighted by Crippen LogP contribution is -2.45. The van der Waals surface area contributed by atoms with Crippen molar-refractivity contribution in [1.29, 1.82) is 5.26 Å². The summed E-state index contributed by atoms with van der Waals surface area (Å²) in [7, 11) is 3.27. The molecule has 20 heavy (non-hydrogen) atoms. The van der Waals surface area contributed by atoms with Crippen LogP contribution in [0.3, 0.4) is 0 Å². The molecule has 1 fully saturated rings. The highest BCUT2D eigenvalue weighted by atomic mass is 16.5. The first-order valence-electron chi connectivity index (χ1n) is 6.84. The van der Waals surface area contributed by atoms with Gasteiger partial charge in [-0.2, -0.15) is 5.26 Å². The number of hydrogen-bond donors (Lipinski definition) is 1. The summed E-state index contributed by atoms with van der Waals surface area (Å²) in [5.74, 6) is 1.44. The van der Waals surface area contributed by atoms with E-state index in [0.717, 1.165) is 37.5 Å². The molecule has 0 bridgehead atoms. The molecular weight excluding hydrogens is 254 g/mol. The average Bonchev–Trinajstić information content (AvgIpc) is 2.52. The second kappa shape index (κ2) is 7.13. The molecule has 1 aliphatic heterocycles. The Bertz CT molecular complexity index is 478. The summed E-state index contributed by atoms with van der Waals surface area (Å²) in [6.45, 7) is 3.78. The Morgan fingerprint density at radius 3 is 2.65 bits per heavy atom. The highest BCUT2D eigenvalue weighted by molar-refractivity contribution is 5.48. The van der Waals surface area contributed by atoms with Gasteiger partial charge in [-0.15, -0.1) is 0 Å². The first-order chi connectivity index (χ1) is 9.81. The summed E-state index contributed by atoms with van der Waals surface area (Å²) in [6.07, 6.45) is 0.448. The molecule has 1 aliphatic rings. The molecule has 5 nitrogen and oxygen atoms in total. The fourth-order valence-electron chi connectivity index (χ4n) is 2.69.